The zero-order valence-corrected chi connectivity index (χ0v) is 8.48. The Morgan fingerprint density at radius 1 is 1.54 bits per heavy atom. The monoisotopic (exact) mass is 197 g/mol. The highest BCUT2D eigenvalue weighted by atomic mass is 35.5. The van der Waals surface area contributed by atoms with Crippen molar-refractivity contribution in [3.8, 4) is 0 Å². The minimum Gasteiger partial charge on any atom is -0.313 e. The fraction of sp³-hybridized carbons (Fsp3) is 0.300. The van der Waals surface area contributed by atoms with E-state index in [1.165, 1.54) is 0 Å². The van der Waals surface area contributed by atoms with Gasteiger partial charge >= 0.3 is 0 Å². The van der Waals surface area contributed by atoms with Crippen LogP contribution in [0.25, 0.3) is 0 Å². The summed E-state index contributed by atoms with van der Waals surface area (Å²) in [5.41, 5.74) is 1.64. The summed E-state index contributed by atoms with van der Waals surface area (Å²) in [4.78, 5) is 11.4. The Morgan fingerprint density at radius 2 is 2.23 bits per heavy atom. The molecule has 0 aliphatic heterocycles. The number of likely N-dealkylation sites (N-methyl/N-ethyl adjacent to an activating group) is 1. The first-order valence-corrected chi connectivity index (χ1v) is 4.47. The van der Waals surface area contributed by atoms with Crippen LogP contribution < -0.4 is 5.32 Å². The van der Waals surface area contributed by atoms with Crippen molar-refractivity contribution >= 4 is 17.4 Å². The van der Waals surface area contributed by atoms with Gasteiger partial charge in [-0.2, -0.15) is 0 Å². The number of carbonyl (C=O) groups is 1. The van der Waals surface area contributed by atoms with Crippen molar-refractivity contribution in [1.82, 2.24) is 5.32 Å². The molecule has 70 valence electrons. The van der Waals surface area contributed by atoms with Crippen LogP contribution in [0.2, 0.25) is 5.02 Å². The van der Waals surface area contributed by atoms with E-state index >= 15 is 0 Å². The Bertz CT molecular complexity index is 323. The zero-order chi connectivity index (χ0) is 9.84. The van der Waals surface area contributed by atoms with Crippen LogP contribution in [-0.2, 0) is 0 Å². The Morgan fingerprint density at radius 3 is 2.77 bits per heavy atom. The van der Waals surface area contributed by atoms with Gasteiger partial charge in [0.05, 0.1) is 6.54 Å². The lowest BCUT2D eigenvalue weighted by Gasteiger charge is -2.02. The highest BCUT2D eigenvalue weighted by Gasteiger charge is 2.05. The maximum absolute atomic E-state index is 11.4. The molecule has 0 aromatic heterocycles. The van der Waals surface area contributed by atoms with Gasteiger partial charge in [-0.1, -0.05) is 11.6 Å². The summed E-state index contributed by atoms with van der Waals surface area (Å²) >= 11 is 5.84. The van der Waals surface area contributed by atoms with Crippen molar-refractivity contribution < 1.29 is 4.79 Å². The molecule has 1 aromatic carbocycles. The fourth-order valence-electron chi connectivity index (χ4n) is 1.08. The van der Waals surface area contributed by atoms with Gasteiger partial charge in [0.1, 0.15) is 0 Å². The molecule has 3 heteroatoms. The number of hydrogen-bond donors (Lipinski definition) is 1. The molecule has 0 amide bonds. The molecule has 0 unspecified atom stereocenters. The summed E-state index contributed by atoms with van der Waals surface area (Å²) in [6.07, 6.45) is 0. The predicted molar refractivity (Wildman–Crippen MR) is 54.4 cm³/mol. The summed E-state index contributed by atoms with van der Waals surface area (Å²) in [6, 6.07) is 5.30. The largest absolute Gasteiger partial charge is 0.313 e. The summed E-state index contributed by atoms with van der Waals surface area (Å²) < 4.78 is 0. The Balaban J connectivity index is 2.90. The number of ketones is 1. The molecule has 0 heterocycles. The standard InChI is InChI=1S/C10H12ClNO/c1-7-5-8(3-4-9(7)11)10(13)6-12-2/h3-5,12H,6H2,1-2H3. The van der Waals surface area contributed by atoms with Crippen molar-refractivity contribution in [2.24, 2.45) is 0 Å². The first kappa shape index (κ1) is 10.2. The number of nitrogens with one attached hydrogen (secondary N) is 1. The molecule has 1 rings (SSSR count). The third-order valence-electron chi connectivity index (χ3n) is 1.82. The topological polar surface area (TPSA) is 29.1 Å². The van der Waals surface area contributed by atoms with Gasteiger partial charge in [0.25, 0.3) is 0 Å². The molecular weight excluding hydrogens is 186 g/mol. The van der Waals surface area contributed by atoms with Gasteiger partial charge in [-0.3, -0.25) is 4.79 Å². The van der Waals surface area contributed by atoms with E-state index in [0.29, 0.717) is 17.1 Å². The van der Waals surface area contributed by atoms with Crippen molar-refractivity contribution in [2.45, 2.75) is 6.92 Å². The van der Waals surface area contributed by atoms with Crippen molar-refractivity contribution in [3.05, 3.63) is 34.3 Å². The maximum atomic E-state index is 11.4. The van der Waals surface area contributed by atoms with E-state index in [1.807, 2.05) is 13.0 Å². The van der Waals surface area contributed by atoms with Crippen molar-refractivity contribution in [1.29, 1.82) is 0 Å². The molecule has 0 spiro atoms. The summed E-state index contributed by atoms with van der Waals surface area (Å²) in [7, 11) is 1.75. The average Bonchev–Trinajstić information content (AvgIpc) is 2.10. The van der Waals surface area contributed by atoms with Crippen LogP contribution in [-0.4, -0.2) is 19.4 Å². The molecule has 2 nitrogen and oxygen atoms in total. The molecule has 1 aromatic rings. The number of rotatable bonds is 3. The van der Waals surface area contributed by atoms with Crippen LogP contribution in [0.3, 0.4) is 0 Å². The van der Waals surface area contributed by atoms with Gasteiger partial charge in [-0.15, -0.1) is 0 Å². The molecule has 0 aliphatic carbocycles. The second-order valence-corrected chi connectivity index (χ2v) is 3.32. The molecule has 0 saturated heterocycles. The number of aryl methyl sites for hydroxylation is 1. The summed E-state index contributed by atoms with van der Waals surface area (Å²) in [5, 5.41) is 3.51. The lowest BCUT2D eigenvalue weighted by molar-refractivity contribution is 0.0993. The van der Waals surface area contributed by atoms with Crippen LogP contribution in [0.15, 0.2) is 18.2 Å². The molecule has 0 saturated carbocycles. The van der Waals surface area contributed by atoms with Crippen molar-refractivity contribution in [2.75, 3.05) is 13.6 Å². The van der Waals surface area contributed by atoms with E-state index in [9.17, 15) is 4.79 Å². The quantitative estimate of drug-likeness (QED) is 0.752. The predicted octanol–water partition coefficient (Wildman–Crippen LogP) is 2.05. The van der Waals surface area contributed by atoms with Crippen LogP contribution in [0, 0.1) is 6.92 Å². The minimum atomic E-state index is 0.0854. The lowest BCUT2D eigenvalue weighted by Crippen LogP contribution is -2.18. The number of carbonyl (C=O) groups excluding carboxylic acids is 1. The smallest absolute Gasteiger partial charge is 0.176 e. The summed E-state index contributed by atoms with van der Waals surface area (Å²) in [6.45, 7) is 2.25. The Hall–Kier alpha value is -0.860. The van der Waals surface area contributed by atoms with Gasteiger partial charge in [0.2, 0.25) is 0 Å². The van der Waals surface area contributed by atoms with Crippen molar-refractivity contribution in [3.63, 3.8) is 0 Å². The molecule has 1 N–H and O–H groups in total. The van der Waals surface area contributed by atoms with Gasteiger partial charge in [-0.05, 0) is 37.7 Å². The Labute approximate surface area is 82.9 Å². The second-order valence-electron chi connectivity index (χ2n) is 2.92. The van der Waals surface area contributed by atoms with E-state index in [0.717, 1.165) is 5.56 Å². The molecule has 0 radical (unpaired) electrons. The van der Waals surface area contributed by atoms with E-state index in [2.05, 4.69) is 5.32 Å². The van der Waals surface area contributed by atoms with Gasteiger partial charge in [0.15, 0.2) is 5.78 Å². The first-order chi connectivity index (χ1) is 6.15. The highest BCUT2D eigenvalue weighted by molar-refractivity contribution is 6.31. The van der Waals surface area contributed by atoms with Crippen LogP contribution in [0.4, 0.5) is 0 Å². The molecule has 0 aliphatic rings. The lowest BCUT2D eigenvalue weighted by atomic mass is 10.1. The average molecular weight is 198 g/mol. The third-order valence-corrected chi connectivity index (χ3v) is 2.24. The van der Waals surface area contributed by atoms with Crippen LogP contribution in [0.5, 0.6) is 0 Å². The van der Waals surface area contributed by atoms with E-state index < -0.39 is 0 Å². The van der Waals surface area contributed by atoms with Crippen LogP contribution in [0.1, 0.15) is 15.9 Å². The number of hydrogen-bond acceptors (Lipinski definition) is 2. The molecule has 0 atom stereocenters. The van der Waals surface area contributed by atoms with E-state index in [-0.39, 0.29) is 5.78 Å². The number of benzene rings is 1. The van der Waals surface area contributed by atoms with E-state index in [1.54, 1.807) is 19.2 Å². The molecule has 0 fully saturated rings. The molecule has 13 heavy (non-hydrogen) atoms. The number of Topliss-reactive ketones (excluding diaryl/α,β-unsaturated/α-hetero) is 1. The molecule has 0 bridgehead atoms. The first-order valence-electron chi connectivity index (χ1n) is 4.09. The van der Waals surface area contributed by atoms with Gasteiger partial charge < -0.3 is 5.32 Å². The normalized spacial score (nSPS) is 10.1. The van der Waals surface area contributed by atoms with E-state index in [4.69, 9.17) is 11.6 Å². The number of halogens is 1. The third kappa shape index (κ3) is 2.54. The zero-order valence-electron chi connectivity index (χ0n) is 7.73. The summed E-state index contributed by atoms with van der Waals surface area (Å²) in [5.74, 6) is 0.0854. The fourth-order valence-corrected chi connectivity index (χ4v) is 1.20. The maximum Gasteiger partial charge on any atom is 0.176 e. The van der Waals surface area contributed by atoms with Gasteiger partial charge in [-0.25, -0.2) is 0 Å². The highest BCUT2D eigenvalue weighted by Crippen LogP contribution is 2.16. The Kier molecular flexibility index (Phi) is 3.46. The molecular formula is C10H12ClNO. The second kappa shape index (κ2) is 4.40. The van der Waals surface area contributed by atoms with Crippen LogP contribution >= 0.6 is 11.6 Å². The minimum absolute atomic E-state index is 0.0854. The SMILES string of the molecule is CNCC(=O)c1ccc(Cl)c(C)c1. The van der Waals surface area contributed by atoms with Gasteiger partial charge in [0, 0.05) is 10.6 Å².